The van der Waals surface area contributed by atoms with E-state index in [4.69, 9.17) is 0 Å². The lowest BCUT2D eigenvalue weighted by atomic mass is 10.1. The number of aromatic hydroxyl groups is 3. The Labute approximate surface area is 133 Å². The molecule has 2 aromatic carbocycles. The van der Waals surface area contributed by atoms with Crippen molar-refractivity contribution in [2.75, 3.05) is 0 Å². The van der Waals surface area contributed by atoms with Gasteiger partial charge in [0, 0.05) is 11.6 Å². The SMILES string of the molecule is Cc1cc(O)cc(CC(=O)NN=Cc2c(C)cc(O)cc2O)c1. The van der Waals surface area contributed by atoms with Gasteiger partial charge in [-0.15, -0.1) is 0 Å². The fraction of sp³-hybridized carbons (Fsp3) is 0.176. The van der Waals surface area contributed by atoms with Crippen LogP contribution in [0.4, 0.5) is 0 Å². The molecule has 23 heavy (non-hydrogen) atoms. The van der Waals surface area contributed by atoms with E-state index in [1.165, 1.54) is 24.4 Å². The molecule has 0 aliphatic rings. The number of amides is 1. The van der Waals surface area contributed by atoms with Gasteiger partial charge in [0.25, 0.3) is 0 Å². The quantitative estimate of drug-likeness (QED) is 0.513. The molecule has 0 aromatic heterocycles. The van der Waals surface area contributed by atoms with Crippen molar-refractivity contribution in [3.8, 4) is 17.2 Å². The maximum Gasteiger partial charge on any atom is 0.244 e. The lowest BCUT2D eigenvalue weighted by Crippen LogP contribution is -2.19. The molecule has 6 heteroatoms. The predicted octanol–water partition coefficient (Wildman–Crippen LogP) is 2.11. The molecule has 2 rings (SSSR count). The van der Waals surface area contributed by atoms with Gasteiger partial charge in [-0.2, -0.15) is 5.10 Å². The van der Waals surface area contributed by atoms with Crippen molar-refractivity contribution >= 4 is 12.1 Å². The van der Waals surface area contributed by atoms with Gasteiger partial charge in [0.15, 0.2) is 0 Å². The van der Waals surface area contributed by atoms with E-state index in [2.05, 4.69) is 10.5 Å². The molecule has 6 nitrogen and oxygen atoms in total. The first-order valence-electron chi connectivity index (χ1n) is 6.99. The first-order chi connectivity index (χ1) is 10.8. The number of phenols is 3. The fourth-order valence-corrected chi connectivity index (χ4v) is 2.27. The van der Waals surface area contributed by atoms with Crippen molar-refractivity contribution < 1.29 is 20.1 Å². The monoisotopic (exact) mass is 314 g/mol. The minimum atomic E-state index is -0.345. The van der Waals surface area contributed by atoms with Crippen LogP contribution in [-0.2, 0) is 11.2 Å². The van der Waals surface area contributed by atoms with Crippen LogP contribution < -0.4 is 5.43 Å². The first-order valence-corrected chi connectivity index (χ1v) is 6.99. The number of benzene rings is 2. The van der Waals surface area contributed by atoms with Crippen LogP contribution >= 0.6 is 0 Å². The summed E-state index contributed by atoms with van der Waals surface area (Å²) in [5.74, 6) is -0.396. The molecule has 0 atom stereocenters. The second-order valence-corrected chi connectivity index (χ2v) is 5.34. The molecule has 0 bridgehead atoms. The molecule has 120 valence electrons. The standard InChI is InChI=1S/C17H18N2O4/c1-10-3-12(6-13(20)4-10)7-17(23)19-18-9-15-11(2)5-14(21)8-16(15)22/h3-6,8-9,20-22H,7H2,1-2H3,(H,19,23). The number of nitrogens with one attached hydrogen (secondary N) is 1. The summed E-state index contributed by atoms with van der Waals surface area (Å²) < 4.78 is 0. The summed E-state index contributed by atoms with van der Waals surface area (Å²) in [6, 6.07) is 7.62. The van der Waals surface area contributed by atoms with Crippen LogP contribution in [0.5, 0.6) is 17.2 Å². The third-order valence-electron chi connectivity index (χ3n) is 3.22. The Morgan fingerprint density at radius 2 is 1.78 bits per heavy atom. The van der Waals surface area contributed by atoms with E-state index in [0.29, 0.717) is 16.7 Å². The summed E-state index contributed by atoms with van der Waals surface area (Å²) in [6.45, 7) is 3.54. The smallest absolute Gasteiger partial charge is 0.244 e. The summed E-state index contributed by atoms with van der Waals surface area (Å²) in [5, 5.41) is 32.4. The maximum atomic E-state index is 11.8. The van der Waals surface area contributed by atoms with E-state index in [0.717, 1.165) is 5.56 Å². The van der Waals surface area contributed by atoms with E-state index in [1.807, 2.05) is 6.92 Å². The van der Waals surface area contributed by atoms with Gasteiger partial charge in [-0.1, -0.05) is 6.07 Å². The molecular formula is C17H18N2O4. The average Bonchev–Trinajstić information content (AvgIpc) is 2.40. The highest BCUT2D eigenvalue weighted by atomic mass is 16.3. The Balaban J connectivity index is 2.02. The summed E-state index contributed by atoms with van der Waals surface area (Å²) in [7, 11) is 0. The molecule has 1 amide bonds. The highest BCUT2D eigenvalue weighted by Crippen LogP contribution is 2.25. The fourth-order valence-electron chi connectivity index (χ4n) is 2.27. The Hall–Kier alpha value is -3.02. The zero-order valence-corrected chi connectivity index (χ0v) is 12.9. The van der Waals surface area contributed by atoms with E-state index in [1.54, 1.807) is 19.1 Å². The van der Waals surface area contributed by atoms with Crippen LogP contribution in [0.1, 0.15) is 22.3 Å². The van der Waals surface area contributed by atoms with Gasteiger partial charge >= 0.3 is 0 Å². The maximum absolute atomic E-state index is 11.8. The molecule has 0 aliphatic carbocycles. The second kappa shape index (κ2) is 6.83. The van der Waals surface area contributed by atoms with Crippen LogP contribution in [0.3, 0.4) is 0 Å². The number of carbonyl (C=O) groups excluding carboxylic acids is 1. The average molecular weight is 314 g/mol. The Kier molecular flexibility index (Phi) is 4.85. The van der Waals surface area contributed by atoms with Gasteiger partial charge in [-0.3, -0.25) is 4.79 Å². The van der Waals surface area contributed by atoms with Gasteiger partial charge in [-0.25, -0.2) is 5.43 Å². The van der Waals surface area contributed by atoms with Gasteiger partial charge in [-0.05, 0) is 48.7 Å². The van der Waals surface area contributed by atoms with Gasteiger partial charge in [0.05, 0.1) is 12.6 Å². The number of carbonyl (C=O) groups is 1. The van der Waals surface area contributed by atoms with Gasteiger partial charge < -0.3 is 15.3 Å². The van der Waals surface area contributed by atoms with Crippen LogP contribution in [0.2, 0.25) is 0 Å². The molecule has 2 aromatic rings. The van der Waals surface area contributed by atoms with Crippen LogP contribution in [0, 0.1) is 13.8 Å². The number of hydrogen-bond acceptors (Lipinski definition) is 5. The minimum absolute atomic E-state index is 0.0413. The van der Waals surface area contributed by atoms with Crippen molar-refractivity contribution in [1.29, 1.82) is 0 Å². The second-order valence-electron chi connectivity index (χ2n) is 5.34. The summed E-state index contributed by atoms with van der Waals surface area (Å²) in [5.41, 5.74) is 4.95. The van der Waals surface area contributed by atoms with Crippen LogP contribution in [0.25, 0.3) is 0 Å². The Morgan fingerprint density at radius 3 is 2.43 bits per heavy atom. The zero-order chi connectivity index (χ0) is 17.0. The topological polar surface area (TPSA) is 102 Å². The zero-order valence-electron chi connectivity index (χ0n) is 12.9. The lowest BCUT2D eigenvalue weighted by Gasteiger charge is -2.05. The third kappa shape index (κ3) is 4.47. The summed E-state index contributed by atoms with van der Waals surface area (Å²) in [6.07, 6.45) is 1.39. The Bertz CT molecular complexity index is 726. The van der Waals surface area contributed by atoms with E-state index in [-0.39, 0.29) is 29.6 Å². The largest absolute Gasteiger partial charge is 0.508 e. The summed E-state index contributed by atoms with van der Waals surface area (Å²) >= 11 is 0. The minimum Gasteiger partial charge on any atom is -0.508 e. The number of rotatable bonds is 4. The highest BCUT2D eigenvalue weighted by molar-refractivity contribution is 5.87. The highest BCUT2D eigenvalue weighted by Gasteiger charge is 2.06. The molecule has 0 fully saturated rings. The molecule has 0 radical (unpaired) electrons. The molecule has 0 saturated heterocycles. The lowest BCUT2D eigenvalue weighted by molar-refractivity contribution is -0.120. The van der Waals surface area contributed by atoms with Gasteiger partial charge in [0.1, 0.15) is 17.2 Å². The number of nitrogens with zero attached hydrogens (tertiary/aromatic N) is 1. The first kappa shape index (κ1) is 16.4. The van der Waals surface area contributed by atoms with Crippen molar-refractivity contribution in [2.45, 2.75) is 20.3 Å². The molecule has 0 aliphatic heterocycles. The molecule has 0 unspecified atom stereocenters. The molecule has 0 saturated carbocycles. The molecule has 4 N–H and O–H groups in total. The molecular weight excluding hydrogens is 296 g/mol. The number of hydrazone groups is 1. The van der Waals surface area contributed by atoms with Crippen LogP contribution in [-0.4, -0.2) is 27.4 Å². The normalized spacial score (nSPS) is 10.9. The van der Waals surface area contributed by atoms with E-state index in [9.17, 15) is 20.1 Å². The number of phenolic OH excluding ortho intramolecular Hbond substituents is 3. The van der Waals surface area contributed by atoms with Crippen molar-refractivity contribution in [1.82, 2.24) is 5.43 Å². The molecule has 0 spiro atoms. The number of hydrogen-bond donors (Lipinski definition) is 4. The number of aryl methyl sites for hydroxylation is 2. The van der Waals surface area contributed by atoms with Crippen LogP contribution in [0.15, 0.2) is 35.4 Å². The summed E-state index contributed by atoms with van der Waals surface area (Å²) in [4.78, 5) is 11.8. The van der Waals surface area contributed by atoms with Crippen molar-refractivity contribution in [3.63, 3.8) is 0 Å². The van der Waals surface area contributed by atoms with Gasteiger partial charge in [0.2, 0.25) is 5.91 Å². The van der Waals surface area contributed by atoms with E-state index < -0.39 is 0 Å². The molecule has 0 heterocycles. The third-order valence-corrected chi connectivity index (χ3v) is 3.22. The predicted molar refractivity (Wildman–Crippen MR) is 86.8 cm³/mol. The van der Waals surface area contributed by atoms with Crippen molar-refractivity contribution in [3.05, 3.63) is 52.6 Å². The Morgan fingerprint density at radius 1 is 1.09 bits per heavy atom. The van der Waals surface area contributed by atoms with E-state index >= 15 is 0 Å². The van der Waals surface area contributed by atoms with Crippen molar-refractivity contribution in [2.24, 2.45) is 5.10 Å².